The minimum Gasteiger partial charge on any atom is -0.332 e. The average Bonchev–Trinajstić information content (AvgIpc) is 2.57. The number of nitro benzene ring substituents is 1. The zero-order chi connectivity index (χ0) is 20.3. The minimum atomic E-state index is -0.526. The number of rotatable bonds is 5. The second kappa shape index (κ2) is 7.99. The first kappa shape index (κ1) is 20.1. The van der Waals surface area contributed by atoms with Crippen LogP contribution in [0, 0.1) is 37.8 Å². The number of likely N-dealkylation sites (N-methyl/N-ethyl adjacent to an activating group) is 1. The lowest BCUT2D eigenvalue weighted by Gasteiger charge is -2.19. The summed E-state index contributed by atoms with van der Waals surface area (Å²) in [4.78, 5) is 36.8. The van der Waals surface area contributed by atoms with Crippen LogP contribution in [0.15, 0.2) is 30.3 Å². The molecule has 7 nitrogen and oxygen atoms in total. The first-order chi connectivity index (χ1) is 12.6. The highest BCUT2D eigenvalue weighted by Crippen LogP contribution is 2.23. The predicted molar refractivity (Wildman–Crippen MR) is 104 cm³/mol. The standard InChI is InChI=1S/C20H23N3O4/c1-12-9-13(2)19(14(3)10-12)21-18(24)11-22(5)20(25)16-7-6-8-17(15(16)4)23(26)27/h6-10H,11H2,1-5H3,(H,21,24). The largest absolute Gasteiger partial charge is 0.332 e. The maximum atomic E-state index is 12.6. The topological polar surface area (TPSA) is 92.6 Å². The number of aryl methyl sites for hydroxylation is 3. The highest BCUT2D eigenvalue weighted by atomic mass is 16.6. The van der Waals surface area contributed by atoms with Crippen molar-refractivity contribution in [1.29, 1.82) is 0 Å². The molecule has 0 bridgehead atoms. The zero-order valence-electron chi connectivity index (χ0n) is 16.1. The van der Waals surface area contributed by atoms with E-state index in [9.17, 15) is 19.7 Å². The molecule has 0 spiro atoms. The van der Waals surface area contributed by atoms with E-state index in [-0.39, 0.29) is 29.3 Å². The van der Waals surface area contributed by atoms with Gasteiger partial charge >= 0.3 is 0 Å². The van der Waals surface area contributed by atoms with Crippen LogP contribution in [0.5, 0.6) is 0 Å². The number of nitro groups is 1. The molecule has 7 heteroatoms. The molecular weight excluding hydrogens is 346 g/mol. The summed E-state index contributed by atoms with van der Waals surface area (Å²) in [6.45, 7) is 7.18. The van der Waals surface area contributed by atoms with Gasteiger partial charge in [0.05, 0.1) is 11.5 Å². The molecule has 0 aromatic heterocycles. The van der Waals surface area contributed by atoms with Crippen molar-refractivity contribution < 1.29 is 14.5 Å². The van der Waals surface area contributed by atoms with Gasteiger partial charge in [0.2, 0.25) is 5.91 Å². The van der Waals surface area contributed by atoms with Crippen LogP contribution in [-0.2, 0) is 4.79 Å². The molecule has 0 saturated carbocycles. The molecule has 1 N–H and O–H groups in total. The maximum absolute atomic E-state index is 12.6. The van der Waals surface area contributed by atoms with Crippen molar-refractivity contribution in [2.75, 3.05) is 18.9 Å². The van der Waals surface area contributed by atoms with Crippen LogP contribution in [-0.4, -0.2) is 35.2 Å². The van der Waals surface area contributed by atoms with Gasteiger partial charge in [-0.1, -0.05) is 23.8 Å². The van der Waals surface area contributed by atoms with Gasteiger partial charge in [0.15, 0.2) is 0 Å². The highest BCUT2D eigenvalue weighted by Gasteiger charge is 2.22. The van der Waals surface area contributed by atoms with Gasteiger partial charge in [-0.25, -0.2) is 0 Å². The van der Waals surface area contributed by atoms with Crippen molar-refractivity contribution in [3.05, 3.63) is 68.3 Å². The van der Waals surface area contributed by atoms with Crippen molar-refractivity contribution in [2.45, 2.75) is 27.7 Å². The molecule has 0 radical (unpaired) electrons. The van der Waals surface area contributed by atoms with Crippen LogP contribution in [0.2, 0.25) is 0 Å². The SMILES string of the molecule is Cc1cc(C)c(NC(=O)CN(C)C(=O)c2cccc([N+](=O)[O-])c2C)c(C)c1. The molecular formula is C20H23N3O4. The Balaban J connectivity index is 2.14. The van der Waals surface area contributed by atoms with Gasteiger partial charge < -0.3 is 10.2 Å². The van der Waals surface area contributed by atoms with E-state index in [0.29, 0.717) is 0 Å². The number of amides is 2. The Hall–Kier alpha value is -3.22. The molecule has 0 fully saturated rings. The van der Waals surface area contributed by atoms with Crippen LogP contribution in [0.4, 0.5) is 11.4 Å². The lowest BCUT2D eigenvalue weighted by atomic mass is 10.0. The van der Waals surface area contributed by atoms with Crippen molar-refractivity contribution in [3.8, 4) is 0 Å². The number of hydrogen-bond acceptors (Lipinski definition) is 4. The van der Waals surface area contributed by atoms with Gasteiger partial charge in [-0.3, -0.25) is 19.7 Å². The van der Waals surface area contributed by atoms with E-state index in [2.05, 4.69) is 5.32 Å². The van der Waals surface area contributed by atoms with E-state index in [1.54, 1.807) is 0 Å². The molecule has 2 amide bonds. The molecule has 0 aliphatic carbocycles. The summed E-state index contributed by atoms with van der Waals surface area (Å²) in [7, 11) is 1.50. The number of hydrogen-bond donors (Lipinski definition) is 1. The van der Waals surface area contributed by atoms with E-state index in [1.165, 1.54) is 37.1 Å². The third-order valence-electron chi connectivity index (χ3n) is 4.40. The van der Waals surface area contributed by atoms with E-state index < -0.39 is 10.8 Å². The smallest absolute Gasteiger partial charge is 0.273 e. The molecule has 0 aliphatic heterocycles. The monoisotopic (exact) mass is 369 g/mol. The van der Waals surface area contributed by atoms with Crippen LogP contribution >= 0.6 is 0 Å². The van der Waals surface area contributed by atoms with Crippen molar-refractivity contribution in [1.82, 2.24) is 4.90 Å². The van der Waals surface area contributed by atoms with E-state index in [0.717, 1.165) is 22.4 Å². The molecule has 2 rings (SSSR count). The van der Waals surface area contributed by atoms with Gasteiger partial charge in [-0.2, -0.15) is 0 Å². The number of nitrogens with zero attached hydrogens (tertiary/aromatic N) is 2. The Bertz CT molecular complexity index is 898. The van der Waals surface area contributed by atoms with Gasteiger partial charge in [0.1, 0.15) is 0 Å². The lowest BCUT2D eigenvalue weighted by molar-refractivity contribution is -0.385. The van der Waals surface area contributed by atoms with Crippen LogP contribution < -0.4 is 5.32 Å². The Morgan fingerprint density at radius 1 is 1.11 bits per heavy atom. The number of carbonyl (C=O) groups is 2. The number of carbonyl (C=O) groups excluding carboxylic acids is 2. The fraction of sp³-hybridized carbons (Fsp3) is 0.300. The van der Waals surface area contributed by atoms with E-state index in [4.69, 9.17) is 0 Å². The minimum absolute atomic E-state index is 0.121. The molecule has 0 atom stereocenters. The summed E-state index contributed by atoms with van der Waals surface area (Å²) in [6.07, 6.45) is 0. The molecule has 0 heterocycles. The van der Waals surface area contributed by atoms with E-state index >= 15 is 0 Å². The summed E-state index contributed by atoms with van der Waals surface area (Å²) in [6, 6.07) is 8.29. The van der Waals surface area contributed by atoms with Crippen LogP contribution in [0.1, 0.15) is 32.6 Å². The zero-order valence-corrected chi connectivity index (χ0v) is 16.1. The Morgan fingerprint density at radius 3 is 2.26 bits per heavy atom. The van der Waals surface area contributed by atoms with Gasteiger partial charge in [-0.15, -0.1) is 0 Å². The Kier molecular flexibility index (Phi) is 5.95. The van der Waals surface area contributed by atoms with Crippen LogP contribution in [0.25, 0.3) is 0 Å². The first-order valence-corrected chi connectivity index (χ1v) is 8.49. The molecule has 0 saturated heterocycles. The third-order valence-corrected chi connectivity index (χ3v) is 4.40. The molecule has 2 aromatic carbocycles. The average molecular weight is 369 g/mol. The number of benzene rings is 2. The summed E-state index contributed by atoms with van der Waals surface area (Å²) in [5.41, 5.74) is 4.11. The molecule has 142 valence electrons. The van der Waals surface area contributed by atoms with Crippen LogP contribution in [0.3, 0.4) is 0 Å². The lowest BCUT2D eigenvalue weighted by Crippen LogP contribution is -2.35. The quantitative estimate of drug-likeness (QED) is 0.644. The van der Waals surface area contributed by atoms with Gasteiger partial charge in [-0.05, 0) is 44.9 Å². The van der Waals surface area contributed by atoms with Crippen molar-refractivity contribution >= 4 is 23.2 Å². The van der Waals surface area contributed by atoms with Crippen molar-refractivity contribution in [2.24, 2.45) is 0 Å². The van der Waals surface area contributed by atoms with Crippen molar-refractivity contribution in [3.63, 3.8) is 0 Å². The summed E-state index contributed by atoms with van der Waals surface area (Å²) in [5, 5.41) is 13.9. The Labute approximate surface area is 158 Å². The maximum Gasteiger partial charge on any atom is 0.273 e. The van der Waals surface area contributed by atoms with Gasteiger partial charge in [0, 0.05) is 29.9 Å². The molecule has 0 aliphatic rings. The molecule has 27 heavy (non-hydrogen) atoms. The van der Waals surface area contributed by atoms with E-state index in [1.807, 2.05) is 32.9 Å². The fourth-order valence-corrected chi connectivity index (χ4v) is 3.10. The second-order valence-electron chi connectivity index (χ2n) is 6.69. The number of anilines is 1. The fourth-order valence-electron chi connectivity index (χ4n) is 3.10. The second-order valence-corrected chi connectivity index (χ2v) is 6.69. The summed E-state index contributed by atoms with van der Waals surface area (Å²) >= 11 is 0. The summed E-state index contributed by atoms with van der Waals surface area (Å²) < 4.78 is 0. The normalized spacial score (nSPS) is 10.4. The molecule has 2 aromatic rings. The highest BCUT2D eigenvalue weighted by molar-refractivity contribution is 6.01. The Morgan fingerprint density at radius 2 is 1.70 bits per heavy atom. The number of nitrogens with one attached hydrogen (secondary N) is 1. The third kappa shape index (κ3) is 4.49. The summed E-state index contributed by atoms with van der Waals surface area (Å²) in [5.74, 6) is -0.771. The van der Waals surface area contributed by atoms with Gasteiger partial charge in [0.25, 0.3) is 11.6 Å². The first-order valence-electron chi connectivity index (χ1n) is 8.49. The molecule has 0 unspecified atom stereocenters. The predicted octanol–water partition coefficient (Wildman–Crippen LogP) is 3.54.